The van der Waals surface area contributed by atoms with E-state index in [0.717, 1.165) is 5.56 Å². The molecule has 0 heterocycles. The molecule has 2 aromatic rings. The lowest BCUT2D eigenvalue weighted by molar-refractivity contribution is -0.142. The summed E-state index contributed by atoms with van der Waals surface area (Å²) in [4.78, 5) is 26.6. The molecule has 5 nitrogen and oxygen atoms in total. The van der Waals surface area contributed by atoms with E-state index in [1.54, 1.807) is 43.4 Å². The molecule has 2 rings (SSSR count). The Balaban J connectivity index is 2.17. The molecule has 2 aromatic carbocycles. The van der Waals surface area contributed by atoms with Crippen LogP contribution in [0.4, 0.5) is 0 Å². The van der Waals surface area contributed by atoms with E-state index in [9.17, 15) is 9.59 Å². The van der Waals surface area contributed by atoms with Crippen LogP contribution >= 0.6 is 23.2 Å². The van der Waals surface area contributed by atoms with Gasteiger partial charge in [0.2, 0.25) is 5.91 Å². The van der Waals surface area contributed by atoms with Gasteiger partial charge in [-0.3, -0.25) is 9.59 Å². The zero-order valence-corrected chi connectivity index (χ0v) is 16.8. The number of rotatable bonds is 8. The number of likely N-dealkylation sites (N-methyl/N-ethyl adjacent to an activating group) is 1. The van der Waals surface area contributed by atoms with Gasteiger partial charge in [0.15, 0.2) is 6.61 Å². The minimum absolute atomic E-state index is 0.193. The highest BCUT2D eigenvalue weighted by Crippen LogP contribution is 2.18. The zero-order valence-electron chi connectivity index (χ0n) is 15.2. The molecule has 0 fully saturated rings. The van der Waals surface area contributed by atoms with E-state index in [2.05, 4.69) is 5.32 Å². The van der Waals surface area contributed by atoms with Crippen molar-refractivity contribution in [1.29, 1.82) is 0 Å². The second kappa shape index (κ2) is 10.2. The summed E-state index contributed by atoms with van der Waals surface area (Å²) in [6.45, 7) is 1.95. The van der Waals surface area contributed by atoms with Gasteiger partial charge in [-0.15, -0.1) is 0 Å². The smallest absolute Gasteiger partial charge is 0.261 e. The van der Waals surface area contributed by atoms with Crippen molar-refractivity contribution in [3.8, 4) is 5.75 Å². The first-order valence-electron chi connectivity index (χ1n) is 8.58. The van der Waals surface area contributed by atoms with Crippen LogP contribution in [0.15, 0.2) is 48.5 Å². The number of carbonyl (C=O) groups excluding carboxylic acids is 2. The molecule has 1 N–H and O–H groups in total. The number of halogens is 2. The largest absolute Gasteiger partial charge is 0.484 e. The second-order valence-electron chi connectivity index (χ2n) is 5.93. The van der Waals surface area contributed by atoms with Crippen LogP contribution in [0.1, 0.15) is 18.9 Å². The first-order valence-corrected chi connectivity index (χ1v) is 9.34. The van der Waals surface area contributed by atoms with E-state index in [-0.39, 0.29) is 25.0 Å². The molecule has 1 atom stereocenters. The van der Waals surface area contributed by atoms with Crippen LogP contribution in [0.3, 0.4) is 0 Å². The van der Waals surface area contributed by atoms with Gasteiger partial charge in [-0.05, 0) is 42.3 Å². The first kappa shape index (κ1) is 21.1. The lowest BCUT2D eigenvalue weighted by atomic mass is 10.1. The molecule has 0 saturated carbocycles. The van der Waals surface area contributed by atoms with E-state index in [0.29, 0.717) is 22.2 Å². The summed E-state index contributed by atoms with van der Waals surface area (Å²) >= 11 is 11.9. The van der Waals surface area contributed by atoms with Crippen molar-refractivity contribution < 1.29 is 14.3 Å². The van der Waals surface area contributed by atoms with Gasteiger partial charge in [-0.25, -0.2) is 0 Å². The standard InChI is InChI=1S/C20H22Cl2N2O3/c1-3-18(20(26)23-2)24(12-14-7-9-15(21)10-8-14)19(25)13-27-17-6-4-5-16(22)11-17/h4-11,18H,3,12-13H2,1-2H3,(H,23,26). The average molecular weight is 409 g/mol. The van der Waals surface area contributed by atoms with Crippen molar-refractivity contribution in [1.82, 2.24) is 10.2 Å². The lowest BCUT2D eigenvalue weighted by Gasteiger charge is -2.30. The maximum absolute atomic E-state index is 12.9. The number of nitrogens with one attached hydrogen (secondary N) is 1. The summed E-state index contributed by atoms with van der Waals surface area (Å²) in [6, 6.07) is 13.4. The molecule has 27 heavy (non-hydrogen) atoms. The molecule has 0 spiro atoms. The normalized spacial score (nSPS) is 11.6. The Hall–Kier alpha value is -2.24. The zero-order chi connectivity index (χ0) is 19.8. The van der Waals surface area contributed by atoms with Gasteiger partial charge in [0.25, 0.3) is 5.91 Å². The van der Waals surface area contributed by atoms with Gasteiger partial charge in [0.05, 0.1) is 0 Å². The van der Waals surface area contributed by atoms with E-state index in [4.69, 9.17) is 27.9 Å². The van der Waals surface area contributed by atoms with Crippen molar-refractivity contribution in [3.63, 3.8) is 0 Å². The molecular weight excluding hydrogens is 387 g/mol. The maximum atomic E-state index is 12.9. The Bertz CT molecular complexity index is 781. The van der Waals surface area contributed by atoms with Crippen molar-refractivity contribution >= 4 is 35.0 Å². The van der Waals surface area contributed by atoms with E-state index >= 15 is 0 Å². The Morgan fingerprint density at radius 1 is 1.11 bits per heavy atom. The maximum Gasteiger partial charge on any atom is 0.261 e. The molecule has 0 radical (unpaired) electrons. The van der Waals surface area contributed by atoms with Crippen LogP contribution in [-0.4, -0.2) is 36.4 Å². The third kappa shape index (κ3) is 6.15. The molecule has 0 aliphatic rings. The molecule has 0 aliphatic carbocycles. The molecule has 0 saturated heterocycles. The predicted molar refractivity (Wildman–Crippen MR) is 107 cm³/mol. The molecule has 2 amide bonds. The Kier molecular flexibility index (Phi) is 7.95. The molecule has 0 bridgehead atoms. The van der Waals surface area contributed by atoms with Crippen molar-refractivity contribution in [2.24, 2.45) is 0 Å². The predicted octanol–water partition coefficient (Wildman–Crippen LogP) is 3.93. The van der Waals surface area contributed by atoms with Crippen LogP contribution in [0.5, 0.6) is 5.75 Å². The highest BCUT2D eigenvalue weighted by atomic mass is 35.5. The fourth-order valence-corrected chi connectivity index (χ4v) is 2.96. The van der Waals surface area contributed by atoms with Crippen LogP contribution < -0.4 is 10.1 Å². The number of carbonyl (C=O) groups is 2. The van der Waals surface area contributed by atoms with Gasteiger partial charge < -0.3 is 15.0 Å². The summed E-state index contributed by atoms with van der Waals surface area (Å²) in [5.74, 6) is -0.0155. The number of hydrogen-bond donors (Lipinski definition) is 1. The third-order valence-corrected chi connectivity index (χ3v) is 4.54. The Morgan fingerprint density at radius 2 is 1.81 bits per heavy atom. The minimum atomic E-state index is -0.596. The van der Waals surface area contributed by atoms with E-state index in [1.165, 1.54) is 4.90 Å². The average Bonchev–Trinajstić information content (AvgIpc) is 2.67. The van der Waals surface area contributed by atoms with E-state index in [1.807, 2.05) is 19.1 Å². The molecule has 1 unspecified atom stereocenters. The van der Waals surface area contributed by atoms with Crippen LogP contribution in [0.25, 0.3) is 0 Å². The summed E-state index contributed by atoms with van der Waals surface area (Å²) in [6.07, 6.45) is 0.482. The summed E-state index contributed by atoms with van der Waals surface area (Å²) in [7, 11) is 1.55. The summed E-state index contributed by atoms with van der Waals surface area (Å²) < 4.78 is 5.57. The molecule has 144 valence electrons. The Labute approximate surface area is 169 Å². The number of nitrogens with zero attached hydrogens (tertiary/aromatic N) is 1. The van der Waals surface area contributed by atoms with Crippen LogP contribution in [0.2, 0.25) is 10.0 Å². The topological polar surface area (TPSA) is 58.6 Å². The highest BCUT2D eigenvalue weighted by molar-refractivity contribution is 6.30. The Morgan fingerprint density at radius 3 is 2.41 bits per heavy atom. The van der Waals surface area contributed by atoms with Gasteiger partial charge in [0.1, 0.15) is 11.8 Å². The quantitative estimate of drug-likeness (QED) is 0.719. The molecule has 0 aliphatic heterocycles. The van der Waals surface area contributed by atoms with Gasteiger partial charge in [0, 0.05) is 23.6 Å². The van der Waals surface area contributed by atoms with Crippen molar-refractivity contribution in [3.05, 3.63) is 64.1 Å². The van der Waals surface area contributed by atoms with E-state index < -0.39 is 6.04 Å². The van der Waals surface area contributed by atoms with Crippen LogP contribution in [0, 0.1) is 0 Å². The molecular formula is C20H22Cl2N2O3. The number of ether oxygens (including phenoxy) is 1. The summed E-state index contributed by atoms with van der Waals surface area (Å²) in [5.41, 5.74) is 0.873. The SMILES string of the molecule is CCC(C(=O)NC)N(Cc1ccc(Cl)cc1)C(=O)COc1cccc(Cl)c1. The van der Waals surface area contributed by atoms with Gasteiger partial charge >= 0.3 is 0 Å². The van der Waals surface area contributed by atoms with Crippen molar-refractivity contribution in [2.75, 3.05) is 13.7 Å². The third-order valence-electron chi connectivity index (χ3n) is 4.06. The first-order chi connectivity index (χ1) is 12.9. The fraction of sp³-hybridized carbons (Fsp3) is 0.300. The number of hydrogen-bond acceptors (Lipinski definition) is 3. The molecule has 0 aromatic heterocycles. The van der Waals surface area contributed by atoms with Crippen LogP contribution in [-0.2, 0) is 16.1 Å². The number of benzene rings is 2. The summed E-state index contributed by atoms with van der Waals surface area (Å²) in [5, 5.41) is 3.75. The highest BCUT2D eigenvalue weighted by Gasteiger charge is 2.28. The molecule has 7 heteroatoms. The van der Waals surface area contributed by atoms with Gasteiger partial charge in [-0.2, -0.15) is 0 Å². The van der Waals surface area contributed by atoms with Crippen molar-refractivity contribution in [2.45, 2.75) is 25.9 Å². The van der Waals surface area contributed by atoms with Gasteiger partial charge in [-0.1, -0.05) is 48.3 Å². The second-order valence-corrected chi connectivity index (χ2v) is 6.81. The number of amides is 2. The lowest BCUT2D eigenvalue weighted by Crippen LogP contribution is -2.49. The monoisotopic (exact) mass is 408 g/mol. The minimum Gasteiger partial charge on any atom is -0.484 e. The fourth-order valence-electron chi connectivity index (χ4n) is 2.66.